The van der Waals surface area contributed by atoms with Crippen LogP contribution in [0, 0.1) is 25.2 Å². The topological polar surface area (TPSA) is 67.6 Å². The Labute approximate surface area is 176 Å². The summed E-state index contributed by atoms with van der Waals surface area (Å²) in [5.41, 5.74) is 2.73. The number of aliphatic hydroxyl groups is 1. The van der Waals surface area contributed by atoms with Crippen LogP contribution in [0.15, 0.2) is 72.8 Å². The molecule has 30 heavy (non-hydrogen) atoms. The second-order valence-corrected chi connectivity index (χ2v) is 7.75. The van der Waals surface area contributed by atoms with Crippen molar-refractivity contribution in [3.63, 3.8) is 0 Å². The lowest BCUT2D eigenvalue weighted by atomic mass is 9.93. The smallest absolute Gasteiger partial charge is 0.332 e. The van der Waals surface area contributed by atoms with E-state index in [0.717, 1.165) is 11.1 Å². The fourth-order valence-electron chi connectivity index (χ4n) is 4.01. The van der Waals surface area contributed by atoms with E-state index >= 15 is 0 Å². The van der Waals surface area contributed by atoms with Crippen LogP contribution in [-0.2, 0) is 5.72 Å². The number of nitriles is 1. The van der Waals surface area contributed by atoms with Gasteiger partial charge in [-0.3, -0.25) is 9.80 Å². The van der Waals surface area contributed by atoms with Crippen LogP contribution in [0.5, 0.6) is 0 Å². The number of anilines is 2. The van der Waals surface area contributed by atoms with E-state index in [0.29, 0.717) is 22.5 Å². The number of urea groups is 1. The first-order valence-corrected chi connectivity index (χ1v) is 9.86. The van der Waals surface area contributed by atoms with Crippen molar-refractivity contribution in [1.29, 1.82) is 5.26 Å². The molecule has 3 aromatic carbocycles. The van der Waals surface area contributed by atoms with E-state index in [1.54, 1.807) is 29.2 Å². The molecule has 1 aliphatic rings. The molecule has 1 N–H and O–H groups in total. The van der Waals surface area contributed by atoms with Crippen LogP contribution < -0.4 is 9.80 Å². The average molecular weight is 397 g/mol. The molecule has 5 nitrogen and oxygen atoms in total. The van der Waals surface area contributed by atoms with Crippen molar-refractivity contribution in [1.82, 2.24) is 0 Å². The minimum Gasteiger partial charge on any atom is -0.365 e. The quantitative estimate of drug-likeness (QED) is 0.687. The molecule has 5 heteroatoms. The number of benzene rings is 3. The van der Waals surface area contributed by atoms with Gasteiger partial charge < -0.3 is 5.11 Å². The third-order valence-electron chi connectivity index (χ3n) is 5.73. The number of hydrogen-bond donors (Lipinski definition) is 1. The van der Waals surface area contributed by atoms with Crippen LogP contribution in [-0.4, -0.2) is 17.2 Å². The third-order valence-corrected chi connectivity index (χ3v) is 5.73. The molecular formula is C25H23N3O2. The van der Waals surface area contributed by atoms with E-state index in [9.17, 15) is 15.2 Å². The number of rotatable bonds is 3. The van der Waals surface area contributed by atoms with Crippen LogP contribution in [0.1, 0.15) is 29.2 Å². The molecule has 1 saturated heterocycles. The molecule has 1 unspecified atom stereocenters. The normalized spacial score (nSPS) is 21.0. The highest BCUT2D eigenvalue weighted by molar-refractivity contribution is 6.08. The van der Waals surface area contributed by atoms with Gasteiger partial charge in [0.05, 0.1) is 17.7 Å². The maximum Gasteiger partial charge on any atom is 0.332 e. The van der Waals surface area contributed by atoms with E-state index in [1.807, 2.05) is 69.3 Å². The predicted octanol–water partition coefficient (Wildman–Crippen LogP) is 4.86. The van der Waals surface area contributed by atoms with Gasteiger partial charge in [-0.1, -0.05) is 47.5 Å². The molecule has 1 fully saturated rings. The molecule has 0 aromatic heterocycles. The van der Waals surface area contributed by atoms with Crippen LogP contribution in [0.25, 0.3) is 0 Å². The SMILES string of the molecule is Cc1ccc(N2C(=O)N(c3ccc(C)cc3)C(O)(c3cccc(C#N)c3)[C@@H]2C)cc1. The summed E-state index contributed by atoms with van der Waals surface area (Å²) in [4.78, 5) is 16.7. The number of nitrogens with zero attached hydrogens (tertiary/aromatic N) is 3. The van der Waals surface area contributed by atoms with Crippen molar-refractivity contribution in [3.05, 3.63) is 95.1 Å². The van der Waals surface area contributed by atoms with Gasteiger partial charge in [-0.05, 0) is 57.2 Å². The summed E-state index contributed by atoms with van der Waals surface area (Å²) < 4.78 is 0. The number of amides is 2. The Balaban J connectivity index is 1.91. The molecule has 3 aromatic rings. The van der Waals surface area contributed by atoms with Gasteiger partial charge >= 0.3 is 6.03 Å². The highest BCUT2D eigenvalue weighted by atomic mass is 16.3. The van der Waals surface area contributed by atoms with Crippen LogP contribution >= 0.6 is 0 Å². The van der Waals surface area contributed by atoms with E-state index in [4.69, 9.17) is 0 Å². The van der Waals surface area contributed by atoms with E-state index in [-0.39, 0.29) is 6.03 Å². The van der Waals surface area contributed by atoms with Crippen LogP contribution in [0.2, 0.25) is 0 Å². The first kappa shape index (κ1) is 19.7. The van der Waals surface area contributed by atoms with Crippen molar-refractivity contribution >= 4 is 17.4 Å². The lowest BCUT2D eigenvalue weighted by Crippen LogP contribution is -2.48. The summed E-state index contributed by atoms with van der Waals surface area (Å²) in [5, 5.41) is 21.4. The van der Waals surface area contributed by atoms with Gasteiger partial charge in [-0.25, -0.2) is 4.79 Å². The number of hydrogen-bond acceptors (Lipinski definition) is 3. The lowest BCUT2D eigenvalue weighted by Gasteiger charge is -2.35. The van der Waals surface area contributed by atoms with Gasteiger partial charge in [0, 0.05) is 16.9 Å². The molecule has 0 aliphatic carbocycles. The Bertz CT molecular complexity index is 1130. The Morgan fingerprint density at radius 1 is 0.933 bits per heavy atom. The zero-order chi connectivity index (χ0) is 21.5. The first-order chi connectivity index (χ1) is 14.4. The molecule has 2 atom stereocenters. The monoisotopic (exact) mass is 397 g/mol. The number of aryl methyl sites for hydroxylation is 2. The van der Waals surface area contributed by atoms with Gasteiger partial charge in [0.25, 0.3) is 0 Å². The summed E-state index contributed by atoms with van der Waals surface area (Å²) >= 11 is 0. The zero-order valence-electron chi connectivity index (χ0n) is 17.2. The number of carbonyl (C=O) groups excluding carboxylic acids is 1. The molecule has 4 rings (SSSR count). The van der Waals surface area contributed by atoms with Gasteiger partial charge in [-0.2, -0.15) is 5.26 Å². The second-order valence-electron chi connectivity index (χ2n) is 7.75. The van der Waals surface area contributed by atoms with Gasteiger partial charge in [0.2, 0.25) is 0 Å². The molecule has 1 aliphatic heterocycles. The van der Waals surface area contributed by atoms with E-state index < -0.39 is 11.8 Å². The minimum atomic E-state index is -1.65. The predicted molar refractivity (Wildman–Crippen MR) is 117 cm³/mol. The average Bonchev–Trinajstić information content (AvgIpc) is 2.96. The van der Waals surface area contributed by atoms with Crippen molar-refractivity contribution in [2.24, 2.45) is 0 Å². The van der Waals surface area contributed by atoms with E-state index in [2.05, 4.69) is 6.07 Å². The summed E-state index contributed by atoms with van der Waals surface area (Å²) in [5.74, 6) is 0. The number of carbonyl (C=O) groups is 1. The standard InChI is InChI=1S/C25H23N3O2/c1-17-7-11-22(12-8-17)27-19(3)25(30,21-6-4-5-20(15-21)16-26)28(24(27)29)23-13-9-18(2)10-14-23/h4-15,19,30H,1-3H3/t19-,25?/m0/s1. The minimum absolute atomic E-state index is 0.319. The fraction of sp³-hybridized carbons (Fsp3) is 0.200. The van der Waals surface area contributed by atoms with Crippen LogP contribution in [0.3, 0.4) is 0 Å². The zero-order valence-corrected chi connectivity index (χ0v) is 17.2. The molecule has 0 bridgehead atoms. The highest BCUT2D eigenvalue weighted by Crippen LogP contribution is 2.44. The largest absolute Gasteiger partial charge is 0.365 e. The molecule has 150 valence electrons. The Kier molecular flexibility index (Phi) is 4.81. The first-order valence-electron chi connectivity index (χ1n) is 9.86. The van der Waals surface area contributed by atoms with Crippen molar-refractivity contribution < 1.29 is 9.90 Å². The Morgan fingerprint density at radius 3 is 2.07 bits per heavy atom. The molecule has 2 amide bonds. The second kappa shape index (κ2) is 7.33. The summed E-state index contributed by atoms with van der Waals surface area (Å²) in [7, 11) is 0. The fourth-order valence-corrected chi connectivity index (χ4v) is 4.01. The van der Waals surface area contributed by atoms with Crippen molar-refractivity contribution in [2.45, 2.75) is 32.5 Å². The van der Waals surface area contributed by atoms with Gasteiger partial charge in [0.1, 0.15) is 0 Å². The molecule has 0 saturated carbocycles. The summed E-state index contributed by atoms with van der Waals surface area (Å²) in [6.07, 6.45) is 0. The van der Waals surface area contributed by atoms with Crippen molar-refractivity contribution in [2.75, 3.05) is 9.80 Å². The summed E-state index contributed by atoms with van der Waals surface area (Å²) in [6.45, 7) is 5.78. The van der Waals surface area contributed by atoms with Crippen molar-refractivity contribution in [3.8, 4) is 6.07 Å². The highest BCUT2D eigenvalue weighted by Gasteiger charge is 2.56. The summed E-state index contributed by atoms with van der Waals surface area (Å²) in [6, 6.07) is 23.1. The Morgan fingerprint density at radius 2 is 1.50 bits per heavy atom. The maximum atomic E-state index is 13.7. The maximum absolute atomic E-state index is 13.7. The molecule has 0 radical (unpaired) electrons. The van der Waals surface area contributed by atoms with Gasteiger partial charge in [-0.15, -0.1) is 0 Å². The molecule has 1 heterocycles. The third kappa shape index (κ3) is 3.02. The van der Waals surface area contributed by atoms with Gasteiger partial charge in [0.15, 0.2) is 5.72 Å². The Hall–Kier alpha value is -3.62. The lowest BCUT2D eigenvalue weighted by molar-refractivity contribution is 0.0372. The molecule has 0 spiro atoms. The van der Waals surface area contributed by atoms with E-state index in [1.165, 1.54) is 4.90 Å². The molecular weight excluding hydrogens is 374 g/mol. The van der Waals surface area contributed by atoms with Crippen LogP contribution in [0.4, 0.5) is 16.2 Å².